The Morgan fingerprint density at radius 2 is 2.06 bits per heavy atom. The number of aliphatic hydroxyl groups excluding tert-OH is 1. The van der Waals surface area contributed by atoms with Gasteiger partial charge in [-0.1, -0.05) is 42.5 Å². The van der Waals surface area contributed by atoms with Gasteiger partial charge in [-0.15, -0.1) is 0 Å². The van der Waals surface area contributed by atoms with Crippen molar-refractivity contribution >= 4 is 0 Å². The van der Waals surface area contributed by atoms with Crippen LogP contribution < -0.4 is 0 Å². The standard InChI is InChI=1S/C14H18O2/c15-11-14(8-4-5-9-14)12-16-10-13-6-2-1-3-7-13/h1-4,6-8,15H,5,9-12H2. The molecule has 1 aromatic rings. The summed E-state index contributed by atoms with van der Waals surface area (Å²) >= 11 is 0. The lowest BCUT2D eigenvalue weighted by atomic mass is 9.90. The van der Waals surface area contributed by atoms with E-state index in [0.29, 0.717) is 13.2 Å². The minimum Gasteiger partial charge on any atom is -0.395 e. The van der Waals surface area contributed by atoms with Gasteiger partial charge in [-0.2, -0.15) is 0 Å². The molecule has 0 spiro atoms. The van der Waals surface area contributed by atoms with E-state index in [1.54, 1.807) is 0 Å². The largest absolute Gasteiger partial charge is 0.395 e. The van der Waals surface area contributed by atoms with Crippen molar-refractivity contribution < 1.29 is 9.84 Å². The van der Waals surface area contributed by atoms with Gasteiger partial charge in [0.05, 0.1) is 19.8 Å². The van der Waals surface area contributed by atoms with Crippen LogP contribution in [0.25, 0.3) is 0 Å². The average Bonchev–Trinajstić information content (AvgIpc) is 2.80. The molecule has 0 saturated heterocycles. The van der Waals surface area contributed by atoms with Crippen molar-refractivity contribution in [2.75, 3.05) is 13.2 Å². The fourth-order valence-corrected chi connectivity index (χ4v) is 2.03. The number of hydrogen-bond acceptors (Lipinski definition) is 2. The Labute approximate surface area is 96.6 Å². The summed E-state index contributed by atoms with van der Waals surface area (Å²) in [6.45, 7) is 1.41. The van der Waals surface area contributed by atoms with E-state index in [1.165, 1.54) is 5.56 Å². The van der Waals surface area contributed by atoms with Gasteiger partial charge in [-0.05, 0) is 18.4 Å². The maximum absolute atomic E-state index is 9.38. The smallest absolute Gasteiger partial charge is 0.0717 e. The molecule has 0 fully saturated rings. The maximum atomic E-state index is 9.38. The van der Waals surface area contributed by atoms with Crippen LogP contribution in [0, 0.1) is 5.41 Å². The Kier molecular flexibility index (Phi) is 3.75. The molecule has 0 saturated carbocycles. The first-order chi connectivity index (χ1) is 7.85. The topological polar surface area (TPSA) is 29.5 Å². The molecular formula is C14H18O2. The van der Waals surface area contributed by atoms with E-state index in [1.807, 2.05) is 18.2 Å². The van der Waals surface area contributed by atoms with Crippen LogP contribution in [-0.4, -0.2) is 18.3 Å². The van der Waals surface area contributed by atoms with E-state index in [-0.39, 0.29) is 12.0 Å². The molecule has 2 nitrogen and oxygen atoms in total. The Hall–Kier alpha value is -1.12. The molecule has 16 heavy (non-hydrogen) atoms. The van der Waals surface area contributed by atoms with Crippen molar-refractivity contribution in [3.05, 3.63) is 48.0 Å². The van der Waals surface area contributed by atoms with Crippen LogP contribution in [0.1, 0.15) is 18.4 Å². The van der Waals surface area contributed by atoms with Crippen LogP contribution >= 0.6 is 0 Å². The summed E-state index contributed by atoms with van der Waals surface area (Å²) < 4.78 is 5.69. The number of allylic oxidation sites excluding steroid dienone is 1. The molecule has 2 rings (SSSR count). The van der Waals surface area contributed by atoms with E-state index in [4.69, 9.17) is 4.74 Å². The van der Waals surface area contributed by atoms with E-state index in [9.17, 15) is 5.11 Å². The molecule has 0 radical (unpaired) electrons. The van der Waals surface area contributed by atoms with Gasteiger partial charge < -0.3 is 9.84 Å². The lowest BCUT2D eigenvalue weighted by molar-refractivity contribution is 0.0256. The Morgan fingerprint density at radius 3 is 2.69 bits per heavy atom. The monoisotopic (exact) mass is 218 g/mol. The highest BCUT2D eigenvalue weighted by atomic mass is 16.5. The molecule has 0 amide bonds. The number of aliphatic hydroxyl groups is 1. The second kappa shape index (κ2) is 5.28. The SMILES string of the molecule is OCC1(COCc2ccccc2)C=CCC1. The first-order valence-corrected chi connectivity index (χ1v) is 5.75. The fraction of sp³-hybridized carbons (Fsp3) is 0.429. The van der Waals surface area contributed by atoms with Gasteiger partial charge in [-0.3, -0.25) is 0 Å². The van der Waals surface area contributed by atoms with Crippen LogP contribution in [0.4, 0.5) is 0 Å². The lowest BCUT2D eigenvalue weighted by Crippen LogP contribution is -2.26. The van der Waals surface area contributed by atoms with Crippen molar-refractivity contribution in [1.82, 2.24) is 0 Å². The predicted molar refractivity (Wildman–Crippen MR) is 64.0 cm³/mol. The van der Waals surface area contributed by atoms with Crippen molar-refractivity contribution in [3.63, 3.8) is 0 Å². The highest BCUT2D eigenvalue weighted by Gasteiger charge is 2.29. The summed E-state index contributed by atoms with van der Waals surface area (Å²) in [4.78, 5) is 0. The fourth-order valence-electron chi connectivity index (χ4n) is 2.03. The first kappa shape index (κ1) is 11.4. The van der Waals surface area contributed by atoms with Crippen molar-refractivity contribution in [1.29, 1.82) is 0 Å². The normalized spacial score (nSPS) is 23.8. The first-order valence-electron chi connectivity index (χ1n) is 5.75. The molecule has 1 unspecified atom stereocenters. The van der Waals surface area contributed by atoms with Crippen molar-refractivity contribution in [2.24, 2.45) is 5.41 Å². The second-order valence-electron chi connectivity index (χ2n) is 4.44. The molecule has 0 bridgehead atoms. The number of ether oxygens (including phenoxy) is 1. The summed E-state index contributed by atoms with van der Waals surface area (Å²) in [7, 11) is 0. The van der Waals surface area contributed by atoms with Crippen LogP contribution in [0.5, 0.6) is 0 Å². The highest BCUT2D eigenvalue weighted by molar-refractivity contribution is 5.13. The summed E-state index contributed by atoms with van der Waals surface area (Å²) in [5.74, 6) is 0. The number of benzene rings is 1. The highest BCUT2D eigenvalue weighted by Crippen LogP contribution is 2.31. The molecule has 1 aliphatic carbocycles. The van der Waals surface area contributed by atoms with E-state index < -0.39 is 0 Å². The number of hydrogen-bond donors (Lipinski definition) is 1. The predicted octanol–water partition coefficient (Wildman–Crippen LogP) is 2.53. The third kappa shape index (κ3) is 2.71. The van der Waals surface area contributed by atoms with Gasteiger partial charge in [0.1, 0.15) is 0 Å². The third-order valence-corrected chi connectivity index (χ3v) is 3.10. The minimum absolute atomic E-state index is 0.130. The van der Waals surface area contributed by atoms with Crippen LogP contribution in [-0.2, 0) is 11.3 Å². The van der Waals surface area contributed by atoms with Gasteiger partial charge >= 0.3 is 0 Å². The quantitative estimate of drug-likeness (QED) is 0.769. The van der Waals surface area contributed by atoms with Crippen LogP contribution in [0.2, 0.25) is 0 Å². The number of rotatable bonds is 5. The minimum atomic E-state index is -0.130. The van der Waals surface area contributed by atoms with Gasteiger partial charge in [0, 0.05) is 5.41 Å². The summed E-state index contributed by atoms with van der Waals surface area (Å²) in [6.07, 6.45) is 6.27. The molecule has 86 valence electrons. The zero-order valence-corrected chi connectivity index (χ0v) is 9.43. The van der Waals surface area contributed by atoms with Crippen molar-refractivity contribution in [3.8, 4) is 0 Å². The molecule has 0 heterocycles. The van der Waals surface area contributed by atoms with Crippen molar-refractivity contribution in [2.45, 2.75) is 19.4 Å². The molecular weight excluding hydrogens is 200 g/mol. The molecule has 1 atom stereocenters. The lowest BCUT2D eigenvalue weighted by Gasteiger charge is -2.24. The molecule has 0 aromatic heterocycles. The van der Waals surface area contributed by atoms with Gasteiger partial charge in [0.15, 0.2) is 0 Å². The summed E-state index contributed by atoms with van der Waals surface area (Å²) in [5.41, 5.74) is 1.05. The Balaban J connectivity index is 1.81. The van der Waals surface area contributed by atoms with E-state index >= 15 is 0 Å². The molecule has 1 aliphatic rings. The summed E-state index contributed by atoms with van der Waals surface area (Å²) in [6, 6.07) is 10.1. The maximum Gasteiger partial charge on any atom is 0.0717 e. The summed E-state index contributed by atoms with van der Waals surface area (Å²) in [5, 5.41) is 9.38. The zero-order chi connectivity index (χ0) is 11.3. The third-order valence-electron chi connectivity index (χ3n) is 3.10. The van der Waals surface area contributed by atoms with Gasteiger partial charge in [-0.25, -0.2) is 0 Å². The van der Waals surface area contributed by atoms with Crippen LogP contribution in [0.3, 0.4) is 0 Å². The van der Waals surface area contributed by atoms with Gasteiger partial charge in [0.25, 0.3) is 0 Å². The molecule has 0 aliphatic heterocycles. The molecule has 2 heteroatoms. The second-order valence-corrected chi connectivity index (χ2v) is 4.44. The van der Waals surface area contributed by atoms with Crippen LogP contribution in [0.15, 0.2) is 42.5 Å². The van der Waals surface area contributed by atoms with Gasteiger partial charge in [0.2, 0.25) is 0 Å². The Morgan fingerprint density at radius 1 is 1.25 bits per heavy atom. The zero-order valence-electron chi connectivity index (χ0n) is 9.43. The average molecular weight is 218 g/mol. The van der Waals surface area contributed by atoms with E-state index in [2.05, 4.69) is 24.3 Å². The molecule has 1 aromatic carbocycles. The Bertz CT molecular complexity index is 345. The van der Waals surface area contributed by atoms with E-state index in [0.717, 1.165) is 12.8 Å². The molecule has 1 N–H and O–H groups in total.